The van der Waals surface area contributed by atoms with Crippen LogP contribution in [0.15, 0.2) is 24.3 Å². The topological polar surface area (TPSA) is 60.9 Å². The fraction of sp³-hybridized carbons (Fsp3) is 0.600. The lowest BCUT2D eigenvalue weighted by molar-refractivity contribution is 0.271. The van der Waals surface area contributed by atoms with Crippen molar-refractivity contribution in [3.63, 3.8) is 0 Å². The third-order valence-electron chi connectivity index (χ3n) is 4.17. The third-order valence-corrected chi connectivity index (χ3v) is 5.97. The maximum absolute atomic E-state index is 12.4. The van der Waals surface area contributed by atoms with Crippen LogP contribution in [0, 0.1) is 0 Å². The van der Waals surface area contributed by atoms with Gasteiger partial charge in [-0.2, -0.15) is 0 Å². The molecule has 0 aliphatic carbocycles. The number of rotatable bonds is 6. The van der Waals surface area contributed by atoms with E-state index in [1.165, 1.54) is 4.31 Å². The second kappa shape index (κ2) is 6.87. The van der Waals surface area contributed by atoms with Crippen LogP contribution in [-0.4, -0.2) is 56.0 Å². The molecule has 1 unspecified atom stereocenters. The van der Waals surface area contributed by atoms with Crippen molar-refractivity contribution in [3.8, 4) is 0 Å². The highest BCUT2D eigenvalue weighted by atomic mass is 32.2. The van der Waals surface area contributed by atoms with E-state index in [0.29, 0.717) is 12.6 Å². The Balaban J connectivity index is 1.99. The van der Waals surface area contributed by atoms with Gasteiger partial charge in [0.15, 0.2) is 0 Å². The van der Waals surface area contributed by atoms with E-state index in [0.717, 1.165) is 30.5 Å². The van der Waals surface area contributed by atoms with Crippen LogP contribution in [0.3, 0.4) is 0 Å². The van der Waals surface area contributed by atoms with Crippen molar-refractivity contribution in [1.82, 2.24) is 9.21 Å². The molecule has 1 atom stereocenters. The van der Waals surface area contributed by atoms with E-state index >= 15 is 0 Å². The van der Waals surface area contributed by atoms with Crippen LogP contribution < -0.4 is 0 Å². The summed E-state index contributed by atoms with van der Waals surface area (Å²) in [4.78, 5) is 2.22. The van der Waals surface area contributed by atoms with Gasteiger partial charge >= 0.3 is 0 Å². The van der Waals surface area contributed by atoms with Gasteiger partial charge in [0.25, 0.3) is 0 Å². The molecule has 0 aromatic heterocycles. The number of benzene rings is 1. The number of nitrogens with zero attached hydrogens (tertiary/aromatic N) is 2. The minimum atomic E-state index is -3.30. The molecule has 1 aliphatic rings. The van der Waals surface area contributed by atoms with Crippen molar-refractivity contribution >= 4 is 10.0 Å². The van der Waals surface area contributed by atoms with Gasteiger partial charge in [0.1, 0.15) is 0 Å². The molecule has 5 nitrogen and oxygen atoms in total. The van der Waals surface area contributed by atoms with Crippen LogP contribution in [0.2, 0.25) is 0 Å². The summed E-state index contributed by atoms with van der Waals surface area (Å²) in [5.41, 5.74) is 1.54. The van der Waals surface area contributed by atoms with Gasteiger partial charge in [-0.05, 0) is 37.6 Å². The number of likely N-dealkylation sites (tertiary alicyclic amines) is 1. The first-order valence-electron chi connectivity index (χ1n) is 7.25. The number of likely N-dealkylation sites (N-methyl/N-ethyl adjacent to an activating group) is 2. The molecule has 1 aromatic carbocycles. The SMILES string of the molecule is CN1CCCC1CN(C)S(=O)(=O)Cc1ccc(CO)cc1. The van der Waals surface area contributed by atoms with Crippen molar-refractivity contribution in [2.24, 2.45) is 0 Å². The molecule has 6 heteroatoms. The molecule has 21 heavy (non-hydrogen) atoms. The van der Waals surface area contributed by atoms with Gasteiger partial charge in [0.05, 0.1) is 12.4 Å². The van der Waals surface area contributed by atoms with Gasteiger partial charge < -0.3 is 10.0 Å². The predicted octanol–water partition coefficient (Wildman–Crippen LogP) is 1.03. The first-order chi connectivity index (χ1) is 9.92. The van der Waals surface area contributed by atoms with E-state index in [-0.39, 0.29) is 12.4 Å². The van der Waals surface area contributed by atoms with E-state index < -0.39 is 10.0 Å². The van der Waals surface area contributed by atoms with E-state index in [1.807, 2.05) is 7.05 Å². The van der Waals surface area contributed by atoms with Gasteiger partial charge in [-0.3, -0.25) is 0 Å². The fourth-order valence-electron chi connectivity index (χ4n) is 2.68. The van der Waals surface area contributed by atoms with Crippen molar-refractivity contribution in [2.45, 2.75) is 31.2 Å². The van der Waals surface area contributed by atoms with Crippen molar-refractivity contribution in [3.05, 3.63) is 35.4 Å². The lowest BCUT2D eigenvalue weighted by atomic mass is 10.2. The van der Waals surface area contributed by atoms with Crippen LogP contribution in [0.5, 0.6) is 0 Å². The van der Waals surface area contributed by atoms with Gasteiger partial charge in [-0.25, -0.2) is 12.7 Å². The Morgan fingerprint density at radius 2 is 1.90 bits per heavy atom. The first kappa shape index (κ1) is 16.4. The molecule has 0 amide bonds. The molecular formula is C15H24N2O3S. The average Bonchev–Trinajstić information content (AvgIpc) is 2.85. The summed E-state index contributed by atoms with van der Waals surface area (Å²) >= 11 is 0. The Bertz CT molecular complexity index is 557. The highest BCUT2D eigenvalue weighted by Crippen LogP contribution is 2.18. The molecule has 1 aromatic rings. The Labute approximate surface area is 127 Å². The standard InChI is InChI=1S/C15H24N2O3S/c1-16-9-3-4-15(16)10-17(2)21(19,20)12-14-7-5-13(11-18)6-8-14/h5-8,15,18H,3-4,9-12H2,1-2H3. The molecular weight excluding hydrogens is 288 g/mol. The molecule has 1 N–H and O–H groups in total. The number of hydrogen-bond donors (Lipinski definition) is 1. The number of sulfonamides is 1. The zero-order valence-electron chi connectivity index (χ0n) is 12.7. The largest absolute Gasteiger partial charge is 0.392 e. The van der Waals surface area contributed by atoms with Crippen LogP contribution in [-0.2, 0) is 22.4 Å². The monoisotopic (exact) mass is 312 g/mol. The summed E-state index contributed by atoms with van der Waals surface area (Å²) in [6.07, 6.45) is 2.19. The summed E-state index contributed by atoms with van der Waals surface area (Å²) in [5, 5.41) is 9.00. The van der Waals surface area contributed by atoms with Crippen LogP contribution >= 0.6 is 0 Å². The lowest BCUT2D eigenvalue weighted by Crippen LogP contribution is -2.39. The lowest BCUT2D eigenvalue weighted by Gasteiger charge is -2.25. The number of aliphatic hydroxyl groups excluding tert-OH is 1. The molecule has 0 bridgehead atoms. The van der Waals surface area contributed by atoms with Gasteiger partial charge in [0, 0.05) is 19.6 Å². The minimum Gasteiger partial charge on any atom is -0.392 e. The number of hydrogen-bond acceptors (Lipinski definition) is 4. The molecule has 0 radical (unpaired) electrons. The highest BCUT2D eigenvalue weighted by Gasteiger charge is 2.27. The maximum atomic E-state index is 12.4. The quantitative estimate of drug-likeness (QED) is 0.852. The van der Waals surface area contributed by atoms with Crippen molar-refractivity contribution < 1.29 is 13.5 Å². The van der Waals surface area contributed by atoms with Gasteiger partial charge in [-0.1, -0.05) is 24.3 Å². The Kier molecular flexibility index (Phi) is 5.37. The molecule has 1 saturated heterocycles. The minimum absolute atomic E-state index is 0.00560. The van der Waals surface area contributed by atoms with E-state index in [4.69, 9.17) is 5.11 Å². The molecule has 1 aliphatic heterocycles. The van der Waals surface area contributed by atoms with Crippen molar-refractivity contribution in [2.75, 3.05) is 27.2 Å². The summed E-state index contributed by atoms with van der Waals surface area (Å²) in [6.45, 7) is 1.57. The normalized spacial score (nSPS) is 20.3. The zero-order valence-corrected chi connectivity index (χ0v) is 13.5. The van der Waals surface area contributed by atoms with E-state index in [1.54, 1.807) is 31.3 Å². The molecule has 0 saturated carbocycles. The fourth-order valence-corrected chi connectivity index (χ4v) is 3.92. The van der Waals surface area contributed by atoms with Gasteiger partial charge in [-0.15, -0.1) is 0 Å². The Morgan fingerprint density at radius 1 is 1.29 bits per heavy atom. The predicted molar refractivity (Wildman–Crippen MR) is 83.3 cm³/mol. The molecule has 0 spiro atoms. The summed E-state index contributed by atoms with van der Waals surface area (Å²) in [7, 11) is 0.404. The molecule has 1 heterocycles. The van der Waals surface area contributed by atoms with E-state index in [9.17, 15) is 8.42 Å². The molecule has 118 valence electrons. The summed E-state index contributed by atoms with van der Waals surface area (Å²) in [5.74, 6) is 0.00560. The van der Waals surface area contributed by atoms with Crippen molar-refractivity contribution in [1.29, 1.82) is 0 Å². The second-order valence-electron chi connectivity index (χ2n) is 5.79. The smallest absolute Gasteiger partial charge is 0.218 e. The van der Waals surface area contributed by atoms with Gasteiger partial charge in [0.2, 0.25) is 10.0 Å². The maximum Gasteiger partial charge on any atom is 0.218 e. The molecule has 2 rings (SSSR count). The Hall–Kier alpha value is -0.950. The summed E-state index contributed by atoms with van der Waals surface area (Å²) in [6, 6.07) is 7.36. The average molecular weight is 312 g/mol. The Morgan fingerprint density at radius 3 is 2.43 bits per heavy atom. The van der Waals surface area contributed by atoms with Crippen LogP contribution in [0.4, 0.5) is 0 Å². The summed E-state index contributed by atoms with van der Waals surface area (Å²) < 4.78 is 26.3. The second-order valence-corrected chi connectivity index (χ2v) is 7.86. The highest BCUT2D eigenvalue weighted by molar-refractivity contribution is 7.88. The van der Waals surface area contributed by atoms with Crippen LogP contribution in [0.25, 0.3) is 0 Å². The van der Waals surface area contributed by atoms with Crippen LogP contribution in [0.1, 0.15) is 24.0 Å². The third kappa shape index (κ3) is 4.26. The zero-order chi connectivity index (χ0) is 15.5. The first-order valence-corrected chi connectivity index (χ1v) is 8.86. The van der Waals surface area contributed by atoms with E-state index in [2.05, 4.69) is 4.90 Å². The number of aliphatic hydroxyl groups is 1. The molecule has 1 fully saturated rings.